The minimum Gasteiger partial charge on any atom is -0.354 e. The fourth-order valence-corrected chi connectivity index (χ4v) is 3.86. The van der Waals surface area contributed by atoms with Gasteiger partial charge in [0.05, 0.1) is 12.2 Å². The van der Waals surface area contributed by atoms with Crippen LogP contribution in [0.25, 0.3) is 0 Å². The lowest BCUT2D eigenvalue weighted by atomic mass is 10.2. The Hall–Kier alpha value is -1.23. The van der Waals surface area contributed by atoms with E-state index in [0.29, 0.717) is 12.6 Å². The van der Waals surface area contributed by atoms with E-state index < -0.39 is 0 Å². The molecule has 0 saturated heterocycles. The second kappa shape index (κ2) is 8.27. The molecule has 1 saturated carbocycles. The topological polar surface area (TPSA) is 49.3 Å². The summed E-state index contributed by atoms with van der Waals surface area (Å²) in [5.74, 6) is 2.09. The summed E-state index contributed by atoms with van der Waals surface area (Å²) in [6.45, 7) is 5.04. The van der Waals surface area contributed by atoms with Crippen LogP contribution in [0.3, 0.4) is 0 Å². The third kappa shape index (κ3) is 4.92. The van der Waals surface area contributed by atoms with Crippen LogP contribution in [0.1, 0.15) is 37.4 Å². The maximum absolute atomic E-state index is 4.40. The fraction of sp³-hybridized carbons (Fsp3) is 0.625. The van der Waals surface area contributed by atoms with Gasteiger partial charge in [-0.2, -0.15) is 11.8 Å². The summed E-state index contributed by atoms with van der Waals surface area (Å²) in [4.78, 5) is 8.73. The molecule has 2 N–H and O–H groups in total. The maximum Gasteiger partial charge on any atom is 0.191 e. The molecule has 0 aromatic carbocycles. The van der Waals surface area contributed by atoms with Crippen molar-refractivity contribution in [2.45, 2.75) is 50.9 Å². The Kier molecular flexibility index (Phi) is 6.36. The first-order chi connectivity index (χ1) is 10.2. The molecule has 1 aliphatic rings. The lowest BCUT2D eigenvalue weighted by molar-refractivity contribution is 0.613. The molecule has 0 bridgehead atoms. The van der Waals surface area contributed by atoms with E-state index in [1.165, 1.54) is 30.6 Å². The van der Waals surface area contributed by atoms with E-state index in [-0.39, 0.29) is 0 Å². The average Bonchev–Trinajstić information content (AvgIpc) is 2.92. The van der Waals surface area contributed by atoms with Crippen molar-refractivity contribution in [2.24, 2.45) is 4.99 Å². The van der Waals surface area contributed by atoms with Crippen LogP contribution in [0.2, 0.25) is 0 Å². The lowest BCUT2D eigenvalue weighted by Crippen LogP contribution is -2.42. The van der Waals surface area contributed by atoms with Gasteiger partial charge in [0, 0.05) is 24.5 Å². The number of thioether (sulfide) groups is 1. The van der Waals surface area contributed by atoms with Gasteiger partial charge in [-0.3, -0.25) is 9.98 Å². The number of hydrogen-bond donors (Lipinski definition) is 2. The summed E-state index contributed by atoms with van der Waals surface area (Å²) < 4.78 is 0. The van der Waals surface area contributed by atoms with Gasteiger partial charge in [-0.1, -0.05) is 13.0 Å². The van der Waals surface area contributed by atoms with Crippen LogP contribution >= 0.6 is 11.8 Å². The van der Waals surface area contributed by atoms with Crippen molar-refractivity contribution in [3.63, 3.8) is 0 Å². The Bertz CT molecular complexity index is 475. The van der Waals surface area contributed by atoms with E-state index in [4.69, 9.17) is 0 Å². The lowest BCUT2D eigenvalue weighted by Gasteiger charge is -2.17. The van der Waals surface area contributed by atoms with E-state index in [0.717, 1.165) is 16.9 Å². The molecule has 0 spiro atoms. The van der Waals surface area contributed by atoms with Gasteiger partial charge in [-0.15, -0.1) is 0 Å². The van der Waals surface area contributed by atoms with Crippen LogP contribution in [0, 0.1) is 6.92 Å². The van der Waals surface area contributed by atoms with Crippen LogP contribution in [-0.4, -0.2) is 35.0 Å². The largest absolute Gasteiger partial charge is 0.354 e. The van der Waals surface area contributed by atoms with Gasteiger partial charge in [0.25, 0.3) is 0 Å². The summed E-state index contributed by atoms with van der Waals surface area (Å²) in [7, 11) is 1.83. The number of hydrogen-bond acceptors (Lipinski definition) is 3. The number of nitrogens with one attached hydrogen (secondary N) is 2. The molecule has 21 heavy (non-hydrogen) atoms. The summed E-state index contributed by atoms with van der Waals surface area (Å²) in [5.41, 5.74) is 2.28. The molecule has 0 radical (unpaired) electrons. The molecule has 1 aromatic heterocycles. The molecule has 2 rings (SSSR count). The molecular weight excluding hydrogens is 280 g/mol. The van der Waals surface area contributed by atoms with Gasteiger partial charge in [-0.05, 0) is 43.6 Å². The number of aryl methyl sites for hydroxylation is 1. The van der Waals surface area contributed by atoms with E-state index in [1.807, 2.05) is 19.3 Å². The summed E-state index contributed by atoms with van der Waals surface area (Å²) in [6.07, 6.45) is 5.62. The molecule has 1 aliphatic carbocycles. The van der Waals surface area contributed by atoms with Crippen molar-refractivity contribution in [1.82, 2.24) is 15.6 Å². The van der Waals surface area contributed by atoms with Crippen molar-refractivity contribution < 1.29 is 0 Å². The number of aromatic nitrogens is 1. The normalized spacial score (nSPS) is 22.3. The molecule has 2 unspecified atom stereocenters. The first kappa shape index (κ1) is 16.1. The highest BCUT2D eigenvalue weighted by atomic mass is 32.2. The Morgan fingerprint density at radius 2 is 2.33 bits per heavy atom. The fourth-order valence-electron chi connectivity index (χ4n) is 2.72. The van der Waals surface area contributed by atoms with Crippen LogP contribution in [0.15, 0.2) is 23.3 Å². The Labute approximate surface area is 132 Å². The maximum atomic E-state index is 4.40. The van der Waals surface area contributed by atoms with Crippen molar-refractivity contribution in [2.75, 3.05) is 12.8 Å². The van der Waals surface area contributed by atoms with Gasteiger partial charge < -0.3 is 10.6 Å². The van der Waals surface area contributed by atoms with Gasteiger partial charge >= 0.3 is 0 Å². The molecule has 4 nitrogen and oxygen atoms in total. The molecule has 5 heteroatoms. The quantitative estimate of drug-likeness (QED) is 0.649. The SMILES string of the molecule is CCSC1CCC(NC(=NC)NCc2ncccc2C)C1. The van der Waals surface area contributed by atoms with Gasteiger partial charge in [0.2, 0.25) is 0 Å². The summed E-state index contributed by atoms with van der Waals surface area (Å²) in [5, 5.41) is 7.72. The molecule has 0 amide bonds. The van der Waals surface area contributed by atoms with Crippen molar-refractivity contribution in [3.05, 3.63) is 29.6 Å². The number of nitrogens with zero attached hydrogens (tertiary/aromatic N) is 2. The summed E-state index contributed by atoms with van der Waals surface area (Å²) in [6, 6.07) is 4.60. The number of guanidine groups is 1. The predicted molar refractivity (Wildman–Crippen MR) is 91.9 cm³/mol. The second-order valence-electron chi connectivity index (χ2n) is 5.42. The van der Waals surface area contributed by atoms with E-state index in [9.17, 15) is 0 Å². The number of pyridine rings is 1. The second-order valence-corrected chi connectivity index (χ2v) is 7.00. The molecule has 1 aromatic rings. The number of rotatable bonds is 5. The monoisotopic (exact) mass is 306 g/mol. The molecule has 2 atom stereocenters. The zero-order valence-electron chi connectivity index (χ0n) is 13.2. The van der Waals surface area contributed by atoms with Gasteiger partial charge in [0.1, 0.15) is 0 Å². The van der Waals surface area contributed by atoms with Gasteiger partial charge in [-0.25, -0.2) is 0 Å². The number of aliphatic imine (C=N–C) groups is 1. The van der Waals surface area contributed by atoms with E-state index in [1.54, 1.807) is 0 Å². The molecule has 116 valence electrons. The van der Waals surface area contributed by atoms with Crippen LogP contribution in [0.5, 0.6) is 0 Å². The van der Waals surface area contributed by atoms with Crippen molar-refractivity contribution in [1.29, 1.82) is 0 Å². The van der Waals surface area contributed by atoms with Crippen molar-refractivity contribution >= 4 is 17.7 Å². The zero-order valence-corrected chi connectivity index (χ0v) is 14.0. The Morgan fingerprint density at radius 3 is 3.05 bits per heavy atom. The first-order valence-electron chi connectivity index (χ1n) is 7.72. The summed E-state index contributed by atoms with van der Waals surface area (Å²) >= 11 is 2.08. The predicted octanol–water partition coefficient (Wildman–Crippen LogP) is 2.73. The molecule has 0 aliphatic heterocycles. The molecule has 1 heterocycles. The zero-order chi connectivity index (χ0) is 15.1. The highest BCUT2D eigenvalue weighted by molar-refractivity contribution is 7.99. The minimum absolute atomic E-state index is 0.546. The minimum atomic E-state index is 0.546. The van der Waals surface area contributed by atoms with Crippen LogP contribution in [-0.2, 0) is 6.54 Å². The third-order valence-corrected chi connectivity index (χ3v) is 5.13. The van der Waals surface area contributed by atoms with Gasteiger partial charge in [0.15, 0.2) is 5.96 Å². The van der Waals surface area contributed by atoms with E-state index >= 15 is 0 Å². The van der Waals surface area contributed by atoms with Crippen LogP contribution < -0.4 is 10.6 Å². The molecular formula is C16H26N4S. The first-order valence-corrected chi connectivity index (χ1v) is 8.77. The highest BCUT2D eigenvalue weighted by Gasteiger charge is 2.25. The van der Waals surface area contributed by atoms with Crippen molar-refractivity contribution in [3.8, 4) is 0 Å². The highest BCUT2D eigenvalue weighted by Crippen LogP contribution is 2.29. The standard InChI is InChI=1S/C16H26N4S/c1-4-21-14-8-7-13(10-14)20-16(17-3)19-11-15-12(2)6-5-9-18-15/h5-6,9,13-14H,4,7-8,10-11H2,1-3H3,(H2,17,19,20). The third-order valence-electron chi connectivity index (χ3n) is 3.89. The Morgan fingerprint density at radius 1 is 1.48 bits per heavy atom. The smallest absolute Gasteiger partial charge is 0.191 e. The average molecular weight is 306 g/mol. The Balaban J connectivity index is 1.80. The van der Waals surface area contributed by atoms with Crippen LogP contribution in [0.4, 0.5) is 0 Å². The molecule has 1 fully saturated rings. The van der Waals surface area contributed by atoms with E-state index in [2.05, 4.69) is 52.3 Å².